The van der Waals surface area contributed by atoms with E-state index in [1.165, 1.54) is 12.0 Å². The van der Waals surface area contributed by atoms with Gasteiger partial charge in [0.15, 0.2) is 0 Å². The molecule has 1 N–H and O–H groups in total. The van der Waals surface area contributed by atoms with Crippen molar-refractivity contribution in [2.75, 3.05) is 13.7 Å². The molecule has 0 aromatic rings. The topological polar surface area (TPSA) is 75.7 Å². The van der Waals surface area contributed by atoms with Crippen molar-refractivity contribution in [3.05, 3.63) is 0 Å². The second kappa shape index (κ2) is 6.54. The molecule has 1 fully saturated rings. The standard InChI is InChI=1S/C13H22N2O4/c1-4-5-8-13(2)11(17)15(12(18)14-13)9-6-7-10(16)19-3/h4-9H2,1-3H3,(H,14,18). The van der Waals surface area contributed by atoms with E-state index >= 15 is 0 Å². The first-order valence-electron chi connectivity index (χ1n) is 6.65. The van der Waals surface area contributed by atoms with Gasteiger partial charge in [-0.1, -0.05) is 19.8 Å². The van der Waals surface area contributed by atoms with Gasteiger partial charge in [-0.2, -0.15) is 0 Å². The van der Waals surface area contributed by atoms with Crippen LogP contribution in [0.25, 0.3) is 0 Å². The molecule has 0 saturated carbocycles. The fourth-order valence-electron chi connectivity index (χ4n) is 2.13. The number of ether oxygens (including phenoxy) is 1. The number of amides is 3. The molecule has 0 radical (unpaired) electrons. The molecule has 0 aliphatic carbocycles. The lowest BCUT2D eigenvalue weighted by Gasteiger charge is -2.21. The number of hydrogen-bond acceptors (Lipinski definition) is 4. The number of rotatable bonds is 7. The van der Waals surface area contributed by atoms with E-state index in [2.05, 4.69) is 10.1 Å². The highest BCUT2D eigenvalue weighted by Crippen LogP contribution is 2.23. The van der Waals surface area contributed by atoms with Crippen LogP contribution in [0.15, 0.2) is 0 Å². The lowest BCUT2D eigenvalue weighted by atomic mass is 9.95. The Labute approximate surface area is 113 Å². The van der Waals surface area contributed by atoms with E-state index in [4.69, 9.17) is 0 Å². The van der Waals surface area contributed by atoms with Gasteiger partial charge in [0, 0.05) is 13.0 Å². The van der Waals surface area contributed by atoms with Crippen LogP contribution in [0.3, 0.4) is 0 Å². The molecule has 6 nitrogen and oxygen atoms in total. The normalized spacial score (nSPS) is 22.6. The molecule has 19 heavy (non-hydrogen) atoms. The lowest BCUT2D eigenvalue weighted by molar-refractivity contribution is -0.141. The van der Waals surface area contributed by atoms with Gasteiger partial charge in [0.2, 0.25) is 0 Å². The Hall–Kier alpha value is -1.59. The zero-order chi connectivity index (χ0) is 14.5. The van der Waals surface area contributed by atoms with Gasteiger partial charge in [-0.15, -0.1) is 0 Å². The van der Waals surface area contributed by atoms with Gasteiger partial charge in [-0.3, -0.25) is 14.5 Å². The van der Waals surface area contributed by atoms with Crippen molar-refractivity contribution in [3.8, 4) is 0 Å². The summed E-state index contributed by atoms with van der Waals surface area (Å²) in [7, 11) is 1.32. The summed E-state index contributed by atoms with van der Waals surface area (Å²) in [5.41, 5.74) is -0.793. The number of unbranched alkanes of at least 4 members (excludes halogenated alkanes) is 1. The minimum absolute atomic E-state index is 0.198. The average molecular weight is 270 g/mol. The molecular weight excluding hydrogens is 248 g/mol. The average Bonchev–Trinajstić information content (AvgIpc) is 2.60. The molecule has 0 spiro atoms. The number of carbonyl (C=O) groups is 3. The molecule has 0 bridgehead atoms. The van der Waals surface area contributed by atoms with Crippen LogP contribution < -0.4 is 5.32 Å². The van der Waals surface area contributed by atoms with Crippen LogP contribution >= 0.6 is 0 Å². The summed E-state index contributed by atoms with van der Waals surface area (Å²) >= 11 is 0. The fraction of sp³-hybridized carbons (Fsp3) is 0.769. The molecule has 0 aromatic heterocycles. The minimum atomic E-state index is -0.793. The van der Waals surface area contributed by atoms with Crippen LogP contribution in [-0.2, 0) is 14.3 Å². The molecule has 1 aliphatic heterocycles. The molecule has 1 aliphatic rings. The third-order valence-corrected chi connectivity index (χ3v) is 3.37. The van der Waals surface area contributed by atoms with Crippen LogP contribution in [0.2, 0.25) is 0 Å². The van der Waals surface area contributed by atoms with E-state index in [0.717, 1.165) is 12.8 Å². The van der Waals surface area contributed by atoms with Gasteiger partial charge in [0.1, 0.15) is 5.54 Å². The summed E-state index contributed by atoms with van der Waals surface area (Å²) in [5, 5.41) is 2.74. The number of imide groups is 1. The number of urea groups is 1. The van der Waals surface area contributed by atoms with E-state index in [-0.39, 0.29) is 30.9 Å². The quantitative estimate of drug-likeness (QED) is 0.561. The van der Waals surface area contributed by atoms with Gasteiger partial charge < -0.3 is 10.1 Å². The SMILES string of the molecule is CCCCC1(C)NC(=O)N(CCCC(=O)OC)C1=O. The third kappa shape index (κ3) is 3.68. The highest BCUT2D eigenvalue weighted by Gasteiger charge is 2.46. The Morgan fingerprint density at radius 1 is 1.37 bits per heavy atom. The van der Waals surface area contributed by atoms with Crippen LogP contribution in [0.1, 0.15) is 46.0 Å². The van der Waals surface area contributed by atoms with Crippen molar-refractivity contribution < 1.29 is 19.1 Å². The van der Waals surface area contributed by atoms with Crippen molar-refractivity contribution in [3.63, 3.8) is 0 Å². The molecule has 1 rings (SSSR count). The Kier molecular flexibility index (Phi) is 5.32. The number of esters is 1. The van der Waals surface area contributed by atoms with Crippen LogP contribution in [-0.4, -0.2) is 42.0 Å². The monoisotopic (exact) mass is 270 g/mol. The highest BCUT2D eigenvalue weighted by atomic mass is 16.5. The Morgan fingerprint density at radius 2 is 2.05 bits per heavy atom. The Bertz CT molecular complexity index is 370. The maximum Gasteiger partial charge on any atom is 0.325 e. The van der Waals surface area contributed by atoms with Gasteiger partial charge in [-0.25, -0.2) is 4.79 Å². The zero-order valence-corrected chi connectivity index (χ0v) is 11.8. The first kappa shape index (κ1) is 15.5. The first-order chi connectivity index (χ1) is 8.94. The molecule has 0 aromatic carbocycles. The van der Waals surface area contributed by atoms with E-state index in [9.17, 15) is 14.4 Å². The third-order valence-electron chi connectivity index (χ3n) is 3.37. The Balaban J connectivity index is 2.53. The predicted octanol–water partition coefficient (Wildman–Crippen LogP) is 1.44. The summed E-state index contributed by atoms with van der Waals surface area (Å²) in [6, 6.07) is -0.367. The van der Waals surface area contributed by atoms with Gasteiger partial charge >= 0.3 is 12.0 Å². The first-order valence-corrected chi connectivity index (χ1v) is 6.65. The van der Waals surface area contributed by atoms with Crippen molar-refractivity contribution in [1.29, 1.82) is 0 Å². The largest absolute Gasteiger partial charge is 0.469 e. The van der Waals surface area contributed by atoms with Crippen LogP contribution in [0, 0.1) is 0 Å². The maximum absolute atomic E-state index is 12.2. The van der Waals surface area contributed by atoms with E-state index < -0.39 is 5.54 Å². The zero-order valence-electron chi connectivity index (χ0n) is 11.8. The van der Waals surface area contributed by atoms with Crippen molar-refractivity contribution in [2.24, 2.45) is 0 Å². The molecule has 1 unspecified atom stereocenters. The molecule has 1 saturated heterocycles. The summed E-state index contributed by atoms with van der Waals surface area (Å²) in [5.74, 6) is -0.531. The molecule has 3 amide bonds. The van der Waals surface area contributed by atoms with Crippen LogP contribution in [0.4, 0.5) is 4.79 Å². The second-order valence-electron chi connectivity index (χ2n) is 5.00. The van der Waals surface area contributed by atoms with E-state index in [0.29, 0.717) is 12.8 Å². The van der Waals surface area contributed by atoms with E-state index in [1.54, 1.807) is 6.92 Å². The number of nitrogens with zero attached hydrogens (tertiary/aromatic N) is 1. The summed E-state index contributed by atoms with van der Waals surface area (Å²) in [6.07, 6.45) is 3.14. The molecule has 1 heterocycles. The molecule has 1 atom stereocenters. The number of nitrogens with one attached hydrogen (secondary N) is 1. The van der Waals surface area contributed by atoms with E-state index in [1.807, 2.05) is 6.92 Å². The molecule has 6 heteroatoms. The van der Waals surface area contributed by atoms with Crippen molar-refractivity contribution in [1.82, 2.24) is 10.2 Å². The highest BCUT2D eigenvalue weighted by molar-refractivity contribution is 6.06. The summed E-state index contributed by atoms with van der Waals surface area (Å²) in [6.45, 7) is 4.05. The molecule has 108 valence electrons. The number of hydrogen-bond donors (Lipinski definition) is 1. The maximum atomic E-state index is 12.2. The minimum Gasteiger partial charge on any atom is -0.469 e. The van der Waals surface area contributed by atoms with Gasteiger partial charge in [0.25, 0.3) is 5.91 Å². The van der Waals surface area contributed by atoms with Gasteiger partial charge in [0.05, 0.1) is 7.11 Å². The molecular formula is C13H22N2O4. The number of carbonyl (C=O) groups excluding carboxylic acids is 3. The Morgan fingerprint density at radius 3 is 2.63 bits per heavy atom. The number of methoxy groups -OCH3 is 1. The van der Waals surface area contributed by atoms with Gasteiger partial charge in [-0.05, 0) is 19.8 Å². The summed E-state index contributed by atoms with van der Waals surface area (Å²) in [4.78, 5) is 36.2. The lowest BCUT2D eigenvalue weighted by Crippen LogP contribution is -2.43. The second-order valence-corrected chi connectivity index (χ2v) is 5.00. The van der Waals surface area contributed by atoms with Crippen molar-refractivity contribution >= 4 is 17.9 Å². The van der Waals surface area contributed by atoms with Crippen molar-refractivity contribution in [2.45, 2.75) is 51.5 Å². The van der Waals surface area contributed by atoms with Crippen LogP contribution in [0.5, 0.6) is 0 Å². The fourth-order valence-corrected chi connectivity index (χ4v) is 2.13. The summed E-state index contributed by atoms with van der Waals surface area (Å²) < 4.78 is 4.52. The predicted molar refractivity (Wildman–Crippen MR) is 69.4 cm³/mol. The smallest absolute Gasteiger partial charge is 0.325 e.